The van der Waals surface area contributed by atoms with Gasteiger partial charge in [-0.3, -0.25) is 9.59 Å². The molecule has 1 fully saturated rings. The van der Waals surface area contributed by atoms with Crippen molar-refractivity contribution in [2.24, 2.45) is 0 Å². The highest BCUT2D eigenvalue weighted by Crippen LogP contribution is 2.40. The molecule has 3 aromatic rings. The third-order valence-electron chi connectivity index (χ3n) is 5.19. The first-order valence-corrected chi connectivity index (χ1v) is 10.3. The van der Waals surface area contributed by atoms with Crippen LogP contribution in [0.2, 0.25) is 0 Å². The molecule has 0 saturated heterocycles. The van der Waals surface area contributed by atoms with E-state index >= 15 is 0 Å². The molecule has 1 aliphatic rings. The summed E-state index contributed by atoms with van der Waals surface area (Å²) in [5.74, 6) is -1.12. The third kappa shape index (κ3) is 4.58. The van der Waals surface area contributed by atoms with Crippen LogP contribution in [0.4, 0.5) is 18.9 Å². The quantitative estimate of drug-likeness (QED) is 0.587. The van der Waals surface area contributed by atoms with Gasteiger partial charge in [0.05, 0.1) is 28.4 Å². The average Bonchev–Trinajstić information content (AvgIpc) is 3.49. The van der Waals surface area contributed by atoms with Crippen molar-refractivity contribution in [2.45, 2.75) is 44.8 Å². The van der Waals surface area contributed by atoms with Crippen LogP contribution in [0.3, 0.4) is 0 Å². The normalized spacial score (nSPS) is 14.1. The van der Waals surface area contributed by atoms with Gasteiger partial charge in [-0.05, 0) is 44.9 Å². The van der Waals surface area contributed by atoms with Crippen LogP contribution in [0.25, 0.3) is 11.0 Å². The fraction of sp³-hybridized carbons (Fsp3) is 0.364. The van der Waals surface area contributed by atoms with Crippen LogP contribution >= 0.6 is 0 Å². The molecule has 2 amide bonds. The van der Waals surface area contributed by atoms with E-state index in [2.05, 4.69) is 10.4 Å². The molecule has 0 atom stereocenters. The second kappa shape index (κ2) is 8.25. The maximum absolute atomic E-state index is 13.2. The zero-order valence-corrected chi connectivity index (χ0v) is 17.5. The van der Waals surface area contributed by atoms with Gasteiger partial charge in [0.25, 0.3) is 11.8 Å². The van der Waals surface area contributed by atoms with Gasteiger partial charge in [-0.25, -0.2) is 9.67 Å². The lowest BCUT2D eigenvalue weighted by Gasteiger charge is -2.14. The van der Waals surface area contributed by atoms with E-state index in [0.29, 0.717) is 22.5 Å². The van der Waals surface area contributed by atoms with Gasteiger partial charge in [0, 0.05) is 17.7 Å². The van der Waals surface area contributed by atoms with Crippen molar-refractivity contribution in [2.75, 3.05) is 11.9 Å². The summed E-state index contributed by atoms with van der Waals surface area (Å²) in [6.07, 6.45) is -0.961. The third-order valence-corrected chi connectivity index (χ3v) is 5.19. The van der Waals surface area contributed by atoms with Gasteiger partial charge in [-0.15, -0.1) is 0 Å². The zero-order chi connectivity index (χ0) is 23.0. The average molecular weight is 445 g/mol. The Kier molecular flexibility index (Phi) is 5.62. The van der Waals surface area contributed by atoms with Crippen LogP contribution in [0, 0.1) is 0 Å². The molecule has 7 nitrogen and oxygen atoms in total. The molecule has 0 bridgehead atoms. The highest BCUT2D eigenvalue weighted by molar-refractivity contribution is 6.14. The molecule has 1 aromatic carbocycles. The van der Waals surface area contributed by atoms with Crippen molar-refractivity contribution in [3.8, 4) is 0 Å². The van der Waals surface area contributed by atoms with Crippen molar-refractivity contribution < 1.29 is 22.8 Å². The number of amides is 2. The second-order valence-corrected chi connectivity index (χ2v) is 8.09. The van der Waals surface area contributed by atoms with E-state index in [1.54, 1.807) is 23.0 Å². The Labute approximate surface area is 182 Å². The number of hydrogen-bond donors (Lipinski definition) is 2. The molecule has 0 unspecified atom stereocenters. The molecule has 2 heterocycles. The first kappa shape index (κ1) is 21.8. The van der Waals surface area contributed by atoms with E-state index in [0.717, 1.165) is 18.5 Å². The predicted octanol–water partition coefficient (Wildman–Crippen LogP) is 4.43. The molecular formula is C22H22F3N5O2. The lowest BCUT2D eigenvalue weighted by molar-refractivity contribution is -0.123. The molecule has 1 aliphatic carbocycles. The van der Waals surface area contributed by atoms with Gasteiger partial charge in [0.2, 0.25) is 0 Å². The minimum absolute atomic E-state index is 0.0448. The van der Waals surface area contributed by atoms with Crippen LogP contribution in [0.1, 0.15) is 65.1 Å². The molecule has 10 heteroatoms. The van der Waals surface area contributed by atoms with Gasteiger partial charge in [-0.1, -0.05) is 12.1 Å². The number of halogens is 3. The van der Waals surface area contributed by atoms with Crippen molar-refractivity contribution in [1.82, 2.24) is 20.1 Å². The maximum atomic E-state index is 13.2. The molecule has 2 aromatic heterocycles. The summed E-state index contributed by atoms with van der Waals surface area (Å²) < 4.78 is 39.2. The summed E-state index contributed by atoms with van der Waals surface area (Å²) in [5, 5.41) is 9.44. The molecule has 1 saturated carbocycles. The highest BCUT2D eigenvalue weighted by Gasteiger charge is 2.30. The number of para-hydroxylation sites is 1. The first-order chi connectivity index (χ1) is 15.1. The van der Waals surface area contributed by atoms with Crippen LogP contribution in [-0.4, -0.2) is 39.3 Å². The lowest BCUT2D eigenvalue weighted by Crippen LogP contribution is -2.34. The number of alkyl halides is 3. The Balaban J connectivity index is 1.66. The molecule has 4 rings (SSSR count). The van der Waals surface area contributed by atoms with Crippen molar-refractivity contribution in [3.05, 3.63) is 53.3 Å². The number of benzene rings is 1. The second-order valence-electron chi connectivity index (χ2n) is 8.09. The van der Waals surface area contributed by atoms with Crippen molar-refractivity contribution in [1.29, 1.82) is 0 Å². The minimum atomic E-state index is -4.54. The lowest BCUT2D eigenvalue weighted by atomic mass is 10.1. The Morgan fingerprint density at radius 1 is 1.16 bits per heavy atom. The van der Waals surface area contributed by atoms with Crippen molar-refractivity contribution in [3.63, 3.8) is 0 Å². The minimum Gasteiger partial charge on any atom is -0.343 e. The molecular weight excluding hydrogens is 423 g/mol. The number of hydrogen-bond acceptors (Lipinski definition) is 4. The summed E-state index contributed by atoms with van der Waals surface area (Å²) in [4.78, 5) is 30.2. The highest BCUT2D eigenvalue weighted by atomic mass is 19.4. The number of carbonyl (C=O) groups excluding carboxylic acids is 2. The molecule has 32 heavy (non-hydrogen) atoms. The van der Waals surface area contributed by atoms with E-state index in [4.69, 9.17) is 4.98 Å². The smallest absolute Gasteiger partial charge is 0.343 e. The number of pyridine rings is 1. The van der Waals surface area contributed by atoms with Crippen LogP contribution in [0.15, 0.2) is 36.5 Å². The number of aromatic nitrogens is 3. The van der Waals surface area contributed by atoms with Gasteiger partial charge in [0.1, 0.15) is 6.54 Å². The first-order valence-electron chi connectivity index (χ1n) is 10.3. The van der Waals surface area contributed by atoms with Crippen LogP contribution in [0.5, 0.6) is 0 Å². The fourth-order valence-corrected chi connectivity index (χ4v) is 3.45. The summed E-state index contributed by atoms with van der Waals surface area (Å²) in [7, 11) is 0. The Morgan fingerprint density at radius 3 is 2.53 bits per heavy atom. The molecule has 0 radical (unpaired) electrons. The fourth-order valence-electron chi connectivity index (χ4n) is 3.45. The van der Waals surface area contributed by atoms with Gasteiger partial charge in [-0.2, -0.15) is 18.3 Å². The number of nitrogens with zero attached hydrogens (tertiary/aromatic N) is 3. The van der Waals surface area contributed by atoms with E-state index < -0.39 is 24.5 Å². The number of carbonyl (C=O) groups is 2. The van der Waals surface area contributed by atoms with Gasteiger partial charge >= 0.3 is 6.18 Å². The van der Waals surface area contributed by atoms with E-state index in [9.17, 15) is 22.8 Å². The molecule has 0 spiro atoms. The standard InChI is InChI=1S/C22H22F3N5O2/c1-12(2)30-19-16(10-27-30)15(9-18(28-19)13-7-8-13)21(32)29-17-6-4-3-5-14(17)20(31)26-11-22(23,24)25/h3-6,9-10,12-13H,7-8,11H2,1-2H3,(H,26,31)(H,29,32). The number of fused-ring (bicyclic) bond motifs is 1. The summed E-state index contributed by atoms with van der Waals surface area (Å²) in [5.41, 5.74) is 1.82. The Morgan fingerprint density at radius 2 is 1.88 bits per heavy atom. The van der Waals surface area contributed by atoms with Crippen molar-refractivity contribution >= 4 is 28.5 Å². The molecule has 2 N–H and O–H groups in total. The predicted molar refractivity (Wildman–Crippen MR) is 113 cm³/mol. The number of rotatable bonds is 6. The molecule has 0 aliphatic heterocycles. The number of anilines is 1. The summed E-state index contributed by atoms with van der Waals surface area (Å²) in [6.45, 7) is 2.47. The van der Waals surface area contributed by atoms with E-state index in [1.807, 2.05) is 19.2 Å². The topological polar surface area (TPSA) is 88.9 Å². The summed E-state index contributed by atoms with van der Waals surface area (Å²) in [6, 6.07) is 7.70. The monoisotopic (exact) mass is 445 g/mol. The van der Waals surface area contributed by atoms with Gasteiger partial charge in [0.15, 0.2) is 5.65 Å². The Bertz CT molecular complexity index is 1180. The maximum Gasteiger partial charge on any atom is 0.405 e. The molecule has 168 valence electrons. The van der Waals surface area contributed by atoms with E-state index in [1.165, 1.54) is 18.2 Å². The van der Waals surface area contributed by atoms with Crippen LogP contribution < -0.4 is 10.6 Å². The van der Waals surface area contributed by atoms with Gasteiger partial charge < -0.3 is 10.6 Å². The zero-order valence-electron chi connectivity index (χ0n) is 17.5. The largest absolute Gasteiger partial charge is 0.405 e. The Hall–Kier alpha value is -3.43. The van der Waals surface area contributed by atoms with E-state index in [-0.39, 0.29) is 17.3 Å². The number of nitrogens with one attached hydrogen (secondary N) is 2. The van der Waals surface area contributed by atoms with Crippen LogP contribution in [-0.2, 0) is 0 Å². The SMILES string of the molecule is CC(C)n1ncc2c(C(=O)Nc3ccccc3C(=O)NCC(F)(F)F)cc(C3CC3)nc21. The summed E-state index contributed by atoms with van der Waals surface area (Å²) >= 11 is 0.